The first kappa shape index (κ1) is 16.0. The van der Waals surface area contributed by atoms with Gasteiger partial charge >= 0.3 is 0 Å². The van der Waals surface area contributed by atoms with Gasteiger partial charge in [-0.3, -0.25) is 4.79 Å². The van der Waals surface area contributed by atoms with E-state index >= 15 is 0 Å². The number of halogens is 5. The minimum atomic E-state index is -0.803. The maximum atomic E-state index is 13.7. The number of amides is 1. The highest BCUT2D eigenvalue weighted by atomic mass is 79.9. The summed E-state index contributed by atoms with van der Waals surface area (Å²) < 4.78 is 27.0. The van der Waals surface area contributed by atoms with Crippen molar-refractivity contribution >= 4 is 56.4 Å². The molecule has 2 rings (SSSR count). The van der Waals surface area contributed by atoms with Crippen LogP contribution in [-0.4, -0.2) is 5.91 Å². The van der Waals surface area contributed by atoms with Gasteiger partial charge < -0.3 is 11.1 Å². The third-order valence-electron chi connectivity index (χ3n) is 2.55. The van der Waals surface area contributed by atoms with E-state index in [9.17, 15) is 13.6 Å². The first-order chi connectivity index (χ1) is 9.79. The van der Waals surface area contributed by atoms with Crippen molar-refractivity contribution in [2.75, 3.05) is 11.1 Å². The number of rotatable bonds is 2. The Morgan fingerprint density at radius 3 is 2.48 bits per heavy atom. The van der Waals surface area contributed by atoms with Gasteiger partial charge in [-0.2, -0.15) is 0 Å². The average Bonchev–Trinajstić information content (AvgIpc) is 2.40. The second-order valence-electron chi connectivity index (χ2n) is 4.06. The molecule has 0 saturated heterocycles. The Morgan fingerprint density at radius 2 is 1.81 bits per heavy atom. The van der Waals surface area contributed by atoms with Gasteiger partial charge in [0, 0.05) is 11.8 Å². The Morgan fingerprint density at radius 1 is 1.14 bits per heavy atom. The summed E-state index contributed by atoms with van der Waals surface area (Å²) in [5, 5.41) is 2.28. The van der Waals surface area contributed by atoms with Gasteiger partial charge in [-0.05, 0) is 34.1 Å². The van der Waals surface area contributed by atoms with Gasteiger partial charge in [0.1, 0.15) is 11.6 Å². The number of hydrogen-bond donors (Lipinski definition) is 2. The van der Waals surface area contributed by atoms with Crippen LogP contribution in [0.4, 0.5) is 20.2 Å². The van der Waals surface area contributed by atoms with Crippen LogP contribution in [0.2, 0.25) is 10.0 Å². The van der Waals surface area contributed by atoms with E-state index in [1.54, 1.807) is 0 Å². The van der Waals surface area contributed by atoms with Crippen LogP contribution >= 0.6 is 39.1 Å². The summed E-state index contributed by atoms with van der Waals surface area (Å²) in [6.07, 6.45) is 0. The zero-order valence-electron chi connectivity index (χ0n) is 10.2. The van der Waals surface area contributed by atoms with Crippen LogP contribution in [0.25, 0.3) is 0 Å². The summed E-state index contributed by atoms with van der Waals surface area (Å²) in [7, 11) is 0. The molecule has 0 fully saturated rings. The molecule has 0 spiro atoms. The summed E-state index contributed by atoms with van der Waals surface area (Å²) in [6, 6.07) is 4.41. The van der Waals surface area contributed by atoms with Gasteiger partial charge in [0.2, 0.25) is 0 Å². The lowest BCUT2D eigenvalue weighted by molar-refractivity contribution is 0.102. The normalized spacial score (nSPS) is 10.5. The van der Waals surface area contributed by atoms with Crippen molar-refractivity contribution in [2.24, 2.45) is 0 Å². The van der Waals surface area contributed by atoms with Crippen LogP contribution in [0.3, 0.4) is 0 Å². The van der Waals surface area contributed by atoms with Gasteiger partial charge in [-0.1, -0.05) is 23.2 Å². The fraction of sp³-hybridized carbons (Fsp3) is 0. The van der Waals surface area contributed by atoms with Crippen LogP contribution < -0.4 is 11.1 Å². The number of carbonyl (C=O) groups excluding carboxylic acids is 1. The van der Waals surface area contributed by atoms with Crippen LogP contribution in [0, 0.1) is 11.6 Å². The number of nitrogens with two attached hydrogens (primary N) is 1. The highest BCUT2D eigenvalue weighted by Crippen LogP contribution is 2.30. The third-order valence-corrected chi connectivity index (χ3v) is 3.96. The molecule has 2 aromatic carbocycles. The SMILES string of the molecule is Nc1cc(Cl)c(Cl)c(C(=O)Nc2cc(F)c(Br)cc2F)c1. The molecule has 0 bridgehead atoms. The van der Waals surface area contributed by atoms with Gasteiger partial charge in [-0.15, -0.1) is 0 Å². The second-order valence-corrected chi connectivity index (χ2v) is 5.70. The molecule has 1 amide bonds. The molecule has 21 heavy (non-hydrogen) atoms. The summed E-state index contributed by atoms with van der Waals surface area (Å²) in [6.45, 7) is 0. The maximum Gasteiger partial charge on any atom is 0.257 e. The van der Waals surface area contributed by atoms with Crippen LogP contribution in [0.5, 0.6) is 0 Å². The highest BCUT2D eigenvalue weighted by Gasteiger charge is 2.17. The molecular formula is C13H7BrCl2F2N2O. The molecule has 0 aromatic heterocycles. The molecule has 8 heteroatoms. The molecule has 0 radical (unpaired) electrons. The average molecular weight is 396 g/mol. The quantitative estimate of drug-likeness (QED) is 0.563. The summed E-state index contributed by atoms with van der Waals surface area (Å²) in [5.74, 6) is -2.28. The van der Waals surface area contributed by atoms with Crippen molar-refractivity contribution in [1.82, 2.24) is 0 Å². The molecule has 0 aliphatic carbocycles. The molecule has 3 nitrogen and oxygen atoms in total. The first-order valence-electron chi connectivity index (χ1n) is 5.50. The Labute approximate surface area is 137 Å². The monoisotopic (exact) mass is 394 g/mol. The number of benzene rings is 2. The summed E-state index contributed by atoms with van der Waals surface area (Å²) >= 11 is 14.5. The zero-order valence-corrected chi connectivity index (χ0v) is 13.3. The van der Waals surface area contributed by atoms with E-state index < -0.39 is 17.5 Å². The van der Waals surface area contributed by atoms with Crippen molar-refractivity contribution < 1.29 is 13.6 Å². The predicted octanol–water partition coefficient (Wildman–Crippen LogP) is 4.87. The van der Waals surface area contributed by atoms with E-state index in [2.05, 4.69) is 21.2 Å². The number of nitrogen functional groups attached to an aromatic ring is 1. The molecule has 0 heterocycles. The van der Waals surface area contributed by atoms with Gasteiger partial charge in [0.15, 0.2) is 0 Å². The van der Waals surface area contributed by atoms with Crippen molar-refractivity contribution in [2.45, 2.75) is 0 Å². The van der Waals surface area contributed by atoms with Gasteiger partial charge in [0.25, 0.3) is 5.91 Å². The standard InChI is InChI=1S/C13H7BrCl2F2N2O/c14-7-3-10(18)11(4-9(7)17)20-13(21)6-1-5(19)2-8(15)12(6)16/h1-4H,19H2,(H,20,21). The van der Waals surface area contributed by atoms with Crippen molar-refractivity contribution in [1.29, 1.82) is 0 Å². The number of hydrogen-bond acceptors (Lipinski definition) is 2. The van der Waals surface area contributed by atoms with E-state index in [0.717, 1.165) is 12.1 Å². The first-order valence-corrected chi connectivity index (χ1v) is 7.05. The smallest absolute Gasteiger partial charge is 0.257 e. The topological polar surface area (TPSA) is 55.1 Å². The molecule has 3 N–H and O–H groups in total. The van der Waals surface area contributed by atoms with E-state index in [0.29, 0.717) is 0 Å². The molecule has 0 aliphatic heterocycles. The number of carbonyl (C=O) groups is 1. The third kappa shape index (κ3) is 3.45. The zero-order chi connectivity index (χ0) is 15.7. The fourth-order valence-electron chi connectivity index (χ4n) is 1.58. The number of anilines is 2. The second kappa shape index (κ2) is 6.17. The minimum absolute atomic E-state index is 0.0265. The lowest BCUT2D eigenvalue weighted by Gasteiger charge is -2.10. The lowest BCUT2D eigenvalue weighted by atomic mass is 10.1. The number of nitrogens with one attached hydrogen (secondary N) is 1. The molecular weight excluding hydrogens is 389 g/mol. The van der Waals surface area contributed by atoms with Gasteiger partial charge in [-0.25, -0.2) is 8.78 Å². The van der Waals surface area contributed by atoms with Crippen LogP contribution in [0.15, 0.2) is 28.7 Å². The Balaban J connectivity index is 2.37. The van der Waals surface area contributed by atoms with Gasteiger partial charge in [0.05, 0.1) is 25.8 Å². The lowest BCUT2D eigenvalue weighted by Crippen LogP contribution is -2.14. The molecule has 110 valence electrons. The van der Waals surface area contributed by atoms with E-state index in [4.69, 9.17) is 28.9 Å². The largest absolute Gasteiger partial charge is 0.399 e. The summed E-state index contributed by atoms with van der Waals surface area (Å²) in [5.41, 5.74) is 5.43. The summed E-state index contributed by atoms with van der Waals surface area (Å²) in [4.78, 5) is 12.1. The fourth-order valence-corrected chi connectivity index (χ4v) is 2.32. The van der Waals surface area contributed by atoms with Crippen LogP contribution in [-0.2, 0) is 0 Å². The molecule has 0 saturated carbocycles. The maximum absolute atomic E-state index is 13.7. The van der Waals surface area contributed by atoms with Crippen molar-refractivity contribution in [3.63, 3.8) is 0 Å². The molecule has 2 aromatic rings. The highest BCUT2D eigenvalue weighted by molar-refractivity contribution is 9.10. The van der Waals surface area contributed by atoms with Crippen molar-refractivity contribution in [3.8, 4) is 0 Å². The Bertz CT molecular complexity index is 741. The minimum Gasteiger partial charge on any atom is -0.399 e. The predicted molar refractivity (Wildman–Crippen MR) is 82.9 cm³/mol. The Hall–Kier alpha value is -1.37. The molecule has 0 atom stereocenters. The molecule has 0 unspecified atom stereocenters. The van der Waals surface area contributed by atoms with E-state index in [1.807, 2.05) is 0 Å². The van der Waals surface area contributed by atoms with E-state index in [-0.39, 0.29) is 31.5 Å². The van der Waals surface area contributed by atoms with Crippen LogP contribution in [0.1, 0.15) is 10.4 Å². The Kier molecular flexibility index (Phi) is 4.70. The molecule has 0 aliphatic rings. The van der Waals surface area contributed by atoms with E-state index in [1.165, 1.54) is 12.1 Å². The van der Waals surface area contributed by atoms with Crippen molar-refractivity contribution in [3.05, 3.63) is 56.0 Å².